The molecule has 5 atom stereocenters. The van der Waals surface area contributed by atoms with Crippen LogP contribution in [0.1, 0.15) is 18.8 Å². The van der Waals surface area contributed by atoms with Crippen molar-refractivity contribution in [2.24, 2.45) is 0 Å². The number of aliphatic hydroxyl groups excluding tert-OH is 3. The first kappa shape index (κ1) is 10.6. The topological polar surface area (TPSA) is 83.1 Å². The van der Waals surface area contributed by atoms with Crippen molar-refractivity contribution in [3.8, 4) is 0 Å². The van der Waals surface area contributed by atoms with Gasteiger partial charge in [-0.3, -0.25) is 0 Å². The second-order valence-electron chi connectivity index (χ2n) is 3.75. The minimum Gasteiger partial charge on any atom is -0.466 e. The molecule has 1 fully saturated rings. The highest BCUT2D eigenvalue weighted by Crippen LogP contribution is 2.30. The molecule has 1 aromatic heterocycles. The monoisotopic (exact) mass is 214 g/mol. The van der Waals surface area contributed by atoms with Gasteiger partial charge in [0.15, 0.2) is 0 Å². The molecule has 0 radical (unpaired) electrons. The Balaban J connectivity index is 2.12. The number of hydrogen-bond acceptors (Lipinski definition) is 5. The minimum atomic E-state index is -1.10. The normalized spacial score (nSPS) is 38.1. The fraction of sp³-hybridized carbons (Fsp3) is 0.600. The molecule has 0 unspecified atom stereocenters. The molecule has 2 heterocycles. The SMILES string of the molecule is C[C@@H]1O[C@H]([C@@H](O)c2ccco2)[C@@H](O)[C@H]1O. The van der Waals surface area contributed by atoms with Gasteiger partial charge in [0.1, 0.15) is 30.2 Å². The van der Waals surface area contributed by atoms with Gasteiger partial charge >= 0.3 is 0 Å². The van der Waals surface area contributed by atoms with E-state index in [4.69, 9.17) is 9.15 Å². The van der Waals surface area contributed by atoms with Crippen molar-refractivity contribution in [3.63, 3.8) is 0 Å². The molecule has 3 N–H and O–H groups in total. The van der Waals surface area contributed by atoms with Gasteiger partial charge in [-0.2, -0.15) is 0 Å². The van der Waals surface area contributed by atoms with E-state index < -0.39 is 30.5 Å². The predicted octanol–water partition coefficient (Wildman–Crippen LogP) is -0.178. The Labute approximate surface area is 86.9 Å². The molecule has 84 valence electrons. The molecule has 0 aromatic carbocycles. The summed E-state index contributed by atoms with van der Waals surface area (Å²) in [7, 11) is 0. The molecular weight excluding hydrogens is 200 g/mol. The first-order valence-corrected chi connectivity index (χ1v) is 4.84. The standard InChI is InChI=1S/C10H14O5/c1-5-7(11)9(13)10(15-5)8(12)6-3-2-4-14-6/h2-5,7-13H,1H3/t5-,7-,8-,9-,10+/m0/s1. The Morgan fingerprint density at radius 1 is 1.33 bits per heavy atom. The summed E-state index contributed by atoms with van der Waals surface area (Å²) in [5.41, 5.74) is 0. The van der Waals surface area contributed by atoms with Crippen LogP contribution in [-0.4, -0.2) is 39.7 Å². The average molecular weight is 214 g/mol. The summed E-state index contributed by atoms with van der Waals surface area (Å²) < 4.78 is 10.3. The van der Waals surface area contributed by atoms with Crippen LogP contribution in [-0.2, 0) is 4.74 Å². The highest BCUT2D eigenvalue weighted by molar-refractivity contribution is 5.07. The molecule has 5 heteroatoms. The fourth-order valence-corrected chi connectivity index (χ4v) is 1.76. The van der Waals surface area contributed by atoms with Crippen LogP contribution < -0.4 is 0 Å². The smallest absolute Gasteiger partial charge is 0.140 e. The Kier molecular flexibility index (Phi) is 2.79. The van der Waals surface area contributed by atoms with E-state index in [0.29, 0.717) is 5.76 Å². The number of furan rings is 1. The lowest BCUT2D eigenvalue weighted by Gasteiger charge is -2.19. The minimum absolute atomic E-state index is 0.320. The molecule has 0 aliphatic carbocycles. The molecule has 0 bridgehead atoms. The molecule has 1 saturated heterocycles. The van der Waals surface area contributed by atoms with Crippen LogP contribution >= 0.6 is 0 Å². The van der Waals surface area contributed by atoms with Crippen LogP contribution in [0.2, 0.25) is 0 Å². The van der Waals surface area contributed by atoms with Crippen molar-refractivity contribution in [2.75, 3.05) is 0 Å². The first-order valence-electron chi connectivity index (χ1n) is 4.84. The summed E-state index contributed by atoms with van der Waals surface area (Å²) in [6.45, 7) is 1.64. The third-order valence-corrected chi connectivity index (χ3v) is 2.69. The molecule has 1 aliphatic heterocycles. The maximum Gasteiger partial charge on any atom is 0.140 e. The van der Waals surface area contributed by atoms with Gasteiger partial charge in [0.2, 0.25) is 0 Å². The maximum atomic E-state index is 9.83. The molecule has 15 heavy (non-hydrogen) atoms. The van der Waals surface area contributed by atoms with Crippen molar-refractivity contribution in [2.45, 2.75) is 37.4 Å². The maximum absolute atomic E-state index is 9.83. The summed E-state index contributed by atoms with van der Waals surface area (Å²) in [5.74, 6) is 0.320. The average Bonchev–Trinajstić information content (AvgIpc) is 2.82. The van der Waals surface area contributed by atoms with E-state index in [9.17, 15) is 15.3 Å². The summed E-state index contributed by atoms with van der Waals surface area (Å²) in [6.07, 6.45) is -3.04. The Morgan fingerprint density at radius 3 is 2.53 bits per heavy atom. The van der Waals surface area contributed by atoms with E-state index >= 15 is 0 Å². The predicted molar refractivity (Wildman–Crippen MR) is 50.0 cm³/mol. The lowest BCUT2D eigenvalue weighted by atomic mass is 10.0. The van der Waals surface area contributed by atoms with Gasteiger partial charge in [0.25, 0.3) is 0 Å². The second-order valence-corrected chi connectivity index (χ2v) is 3.75. The molecular formula is C10H14O5. The zero-order valence-electron chi connectivity index (χ0n) is 8.28. The zero-order chi connectivity index (χ0) is 11.0. The number of aliphatic hydroxyl groups is 3. The van der Waals surface area contributed by atoms with Gasteiger partial charge in [0, 0.05) is 0 Å². The van der Waals surface area contributed by atoms with Crippen molar-refractivity contribution < 1.29 is 24.5 Å². The van der Waals surface area contributed by atoms with Crippen LogP contribution in [0.15, 0.2) is 22.8 Å². The molecule has 1 aromatic rings. The number of ether oxygens (including phenoxy) is 1. The van der Waals surface area contributed by atoms with E-state index in [1.807, 2.05) is 0 Å². The molecule has 1 aliphatic rings. The van der Waals surface area contributed by atoms with Gasteiger partial charge in [-0.25, -0.2) is 0 Å². The lowest BCUT2D eigenvalue weighted by molar-refractivity contribution is -0.0706. The van der Waals surface area contributed by atoms with Crippen molar-refractivity contribution >= 4 is 0 Å². The van der Waals surface area contributed by atoms with Gasteiger partial charge in [-0.05, 0) is 19.1 Å². The highest BCUT2D eigenvalue weighted by atomic mass is 16.6. The van der Waals surface area contributed by atoms with Crippen LogP contribution in [0.3, 0.4) is 0 Å². The summed E-state index contributed by atoms with van der Waals surface area (Å²) in [5, 5.41) is 28.9. The summed E-state index contributed by atoms with van der Waals surface area (Å²) in [6, 6.07) is 3.23. The molecule has 0 spiro atoms. The van der Waals surface area contributed by atoms with Gasteiger partial charge in [-0.15, -0.1) is 0 Å². The first-order chi connectivity index (χ1) is 7.11. The number of rotatable bonds is 2. The third kappa shape index (κ3) is 1.79. The Bertz CT molecular complexity index is 310. The van der Waals surface area contributed by atoms with Gasteiger partial charge in [0.05, 0.1) is 12.4 Å². The third-order valence-electron chi connectivity index (χ3n) is 2.69. The van der Waals surface area contributed by atoms with Crippen LogP contribution in [0.5, 0.6) is 0 Å². The molecule has 5 nitrogen and oxygen atoms in total. The van der Waals surface area contributed by atoms with Crippen molar-refractivity contribution in [1.29, 1.82) is 0 Å². The number of hydrogen-bond donors (Lipinski definition) is 3. The van der Waals surface area contributed by atoms with E-state index in [1.54, 1.807) is 19.1 Å². The second kappa shape index (κ2) is 3.94. The summed E-state index contributed by atoms with van der Waals surface area (Å²) >= 11 is 0. The fourth-order valence-electron chi connectivity index (χ4n) is 1.76. The van der Waals surface area contributed by atoms with Crippen LogP contribution in [0.4, 0.5) is 0 Å². The van der Waals surface area contributed by atoms with Gasteiger partial charge in [-0.1, -0.05) is 0 Å². The van der Waals surface area contributed by atoms with Crippen LogP contribution in [0.25, 0.3) is 0 Å². The van der Waals surface area contributed by atoms with Crippen molar-refractivity contribution in [1.82, 2.24) is 0 Å². The van der Waals surface area contributed by atoms with Gasteiger partial charge < -0.3 is 24.5 Å². The molecule has 2 rings (SSSR count). The van der Waals surface area contributed by atoms with E-state index in [-0.39, 0.29) is 0 Å². The Morgan fingerprint density at radius 2 is 2.07 bits per heavy atom. The zero-order valence-corrected chi connectivity index (χ0v) is 8.28. The molecule has 0 amide bonds. The van der Waals surface area contributed by atoms with Crippen LogP contribution in [0, 0.1) is 0 Å². The van der Waals surface area contributed by atoms with E-state index in [2.05, 4.69) is 0 Å². The van der Waals surface area contributed by atoms with E-state index in [1.165, 1.54) is 6.26 Å². The quantitative estimate of drug-likeness (QED) is 0.636. The summed E-state index contributed by atoms with van der Waals surface area (Å²) in [4.78, 5) is 0. The Hall–Kier alpha value is -0.880. The van der Waals surface area contributed by atoms with E-state index in [0.717, 1.165) is 0 Å². The highest BCUT2D eigenvalue weighted by Gasteiger charge is 2.44. The molecule has 0 saturated carbocycles. The largest absolute Gasteiger partial charge is 0.466 e. The van der Waals surface area contributed by atoms with Crippen molar-refractivity contribution in [3.05, 3.63) is 24.2 Å². The lowest BCUT2D eigenvalue weighted by Crippen LogP contribution is -2.34.